The fourth-order valence-electron chi connectivity index (χ4n) is 4.83. The van der Waals surface area contributed by atoms with Gasteiger partial charge >= 0.3 is 0 Å². The Morgan fingerprint density at radius 3 is 2.58 bits per heavy atom. The van der Waals surface area contributed by atoms with Crippen molar-refractivity contribution < 1.29 is 9.18 Å². The number of nitrogens with one attached hydrogen (secondary N) is 1. The largest absolute Gasteiger partial charge is 0.339 e. The van der Waals surface area contributed by atoms with Crippen LogP contribution >= 0.6 is 23.2 Å². The highest BCUT2D eigenvalue weighted by Crippen LogP contribution is 2.36. The van der Waals surface area contributed by atoms with Gasteiger partial charge in [-0.25, -0.2) is 4.39 Å². The standard InChI is InChI=1S/C24H22Cl2FN3O/c25-21-11-16(14-1-3-18(27)4-2-14)12-22(26)20(21)10-15-7-8-30(24(15)31)19-5-6-23-17(9-19)13-28-29-23/h1-4,11-13,15,19H,5-10H2,(H,28,29)/t15-,19?/m0/s1. The Morgan fingerprint density at radius 2 is 1.84 bits per heavy atom. The summed E-state index contributed by atoms with van der Waals surface area (Å²) in [5, 5.41) is 8.26. The molecule has 2 aromatic carbocycles. The van der Waals surface area contributed by atoms with E-state index in [9.17, 15) is 9.18 Å². The van der Waals surface area contributed by atoms with Crippen molar-refractivity contribution in [2.75, 3.05) is 6.54 Å². The first-order chi connectivity index (χ1) is 15.0. The number of rotatable bonds is 4. The third-order valence-electron chi connectivity index (χ3n) is 6.55. The lowest BCUT2D eigenvalue weighted by Gasteiger charge is -2.31. The predicted octanol–water partition coefficient (Wildman–Crippen LogP) is 5.47. The number of aromatic amines is 1. The lowest BCUT2D eigenvalue weighted by molar-refractivity contribution is -0.133. The van der Waals surface area contributed by atoms with Gasteiger partial charge < -0.3 is 4.90 Å². The number of halogens is 3. The van der Waals surface area contributed by atoms with Crippen molar-refractivity contribution in [1.29, 1.82) is 0 Å². The number of amides is 1. The summed E-state index contributed by atoms with van der Waals surface area (Å²) in [5.74, 6) is -0.215. The highest BCUT2D eigenvalue weighted by molar-refractivity contribution is 6.36. The zero-order valence-corrected chi connectivity index (χ0v) is 18.4. The first kappa shape index (κ1) is 20.5. The summed E-state index contributed by atoms with van der Waals surface area (Å²) >= 11 is 13.2. The molecule has 2 atom stereocenters. The van der Waals surface area contributed by atoms with Crippen molar-refractivity contribution in [2.24, 2.45) is 5.92 Å². The van der Waals surface area contributed by atoms with Crippen LogP contribution in [0.3, 0.4) is 0 Å². The Morgan fingerprint density at radius 1 is 1.10 bits per heavy atom. The van der Waals surface area contributed by atoms with E-state index in [-0.39, 0.29) is 23.7 Å². The van der Waals surface area contributed by atoms with Gasteiger partial charge in [-0.05, 0) is 78.6 Å². The number of hydrogen-bond donors (Lipinski definition) is 1. The van der Waals surface area contributed by atoms with Crippen molar-refractivity contribution in [1.82, 2.24) is 15.1 Å². The summed E-state index contributed by atoms with van der Waals surface area (Å²) in [6, 6.07) is 10.1. The Balaban J connectivity index is 1.31. The number of nitrogens with zero attached hydrogens (tertiary/aromatic N) is 2. The number of likely N-dealkylation sites (tertiary alicyclic amines) is 1. The van der Waals surface area contributed by atoms with Crippen LogP contribution in [0.4, 0.5) is 4.39 Å². The molecule has 1 amide bonds. The maximum atomic E-state index is 13.2. The number of fused-ring (bicyclic) bond motifs is 1. The predicted molar refractivity (Wildman–Crippen MR) is 120 cm³/mol. The van der Waals surface area contributed by atoms with E-state index in [1.807, 2.05) is 23.2 Å². The molecule has 2 aliphatic rings. The number of aryl methyl sites for hydroxylation is 1. The number of carbonyl (C=O) groups excluding carboxylic acids is 1. The van der Waals surface area contributed by atoms with Crippen molar-refractivity contribution in [2.45, 2.75) is 38.1 Å². The van der Waals surface area contributed by atoms with E-state index < -0.39 is 0 Å². The van der Waals surface area contributed by atoms with E-state index in [1.54, 1.807) is 12.1 Å². The second-order valence-corrected chi connectivity index (χ2v) is 9.23. The van der Waals surface area contributed by atoms with Gasteiger partial charge in [0.2, 0.25) is 5.91 Å². The Hall–Kier alpha value is -2.37. The third-order valence-corrected chi connectivity index (χ3v) is 7.23. The van der Waals surface area contributed by atoms with Crippen molar-refractivity contribution in [3.05, 3.63) is 75.3 Å². The molecule has 31 heavy (non-hydrogen) atoms. The first-order valence-corrected chi connectivity index (χ1v) is 11.3. The minimum absolute atomic E-state index is 0.114. The molecule has 160 valence electrons. The topological polar surface area (TPSA) is 49.0 Å². The zero-order chi connectivity index (χ0) is 21.5. The fraction of sp³-hybridized carbons (Fsp3) is 0.333. The quantitative estimate of drug-likeness (QED) is 0.564. The van der Waals surface area contributed by atoms with Crippen LogP contribution in [0.25, 0.3) is 11.1 Å². The molecule has 1 unspecified atom stereocenters. The van der Waals surface area contributed by atoms with Gasteiger partial charge in [0.05, 0.1) is 6.20 Å². The van der Waals surface area contributed by atoms with Crippen LogP contribution in [0, 0.1) is 11.7 Å². The SMILES string of the molecule is O=C1[C@H](Cc2c(Cl)cc(-c3ccc(F)cc3)cc2Cl)CCN1C1CCc2[nH]ncc2C1. The number of carbonyl (C=O) groups is 1. The second kappa shape index (κ2) is 8.29. The lowest BCUT2D eigenvalue weighted by Crippen LogP contribution is -2.41. The van der Waals surface area contributed by atoms with E-state index in [4.69, 9.17) is 23.2 Å². The van der Waals surface area contributed by atoms with Crippen LogP contribution in [0.2, 0.25) is 10.0 Å². The highest BCUT2D eigenvalue weighted by Gasteiger charge is 2.37. The van der Waals surface area contributed by atoms with Gasteiger partial charge in [-0.3, -0.25) is 9.89 Å². The lowest BCUT2D eigenvalue weighted by atomic mass is 9.92. The fourth-order valence-corrected chi connectivity index (χ4v) is 5.47. The summed E-state index contributed by atoms with van der Waals surface area (Å²) in [6.45, 7) is 0.768. The van der Waals surface area contributed by atoms with Crippen molar-refractivity contribution in [3.8, 4) is 11.1 Å². The van der Waals surface area contributed by atoms with Gasteiger partial charge in [-0.2, -0.15) is 5.10 Å². The molecular formula is C24H22Cl2FN3O. The minimum atomic E-state index is -0.288. The Kier molecular flexibility index (Phi) is 5.49. The van der Waals surface area contributed by atoms with E-state index in [1.165, 1.54) is 23.4 Å². The van der Waals surface area contributed by atoms with Gasteiger partial charge in [0.15, 0.2) is 0 Å². The summed E-state index contributed by atoms with van der Waals surface area (Å²) in [6.07, 6.45) is 5.96. The maximum Gasteiger partial charge on any atom is 0.226 e. The second-order valence-electron chi connectivity index (χ2n) is 8.42. The molecule has 3 aromatic rings. The molecule has 7 heteroatoms. The average Bonchev–Trinajstić information content (AvgIpc) is 3.37. The van der Waals surface area contributed by atoms with E-state index >= 15 is 0 Å². The van der Waals surface area contributed by atoms with Crippen LogP contribution < -0.4 is 0 Å². The average molecular weight is 458 g/mol. The van der Waals surface area contributed by atoms with Crippen LogP contribution in [-0.2, 0) is 24.1 Å². The molecule has 0 radical (unpaired) electrons. The van der Waals surface area contributed by atoms with E-state index in [0.29, 0.717) is 16.5 Å². The van der Waals surface area contributed by atoms with E-state index in [0.717, 1.165) is 48.9 Å². The molecule has 1 saturated heterocycles. The Labute approximate surface area is 190 Å². The molecule has 1 aliphatic heterocycles. The van der Waals surface area contributed by atoms with Gasteiger partial charge in [-0.1, -0.05) is 35.3 Å². The molecule has 2 heterocycles. The summed E-state index contributed by atoms with van der Waals surface area (Å²) in [7, 11) is 0. The molecule has 5 rings (SSSR count). The van der Waals surface area contributed by atoms with Crippen LogP contribution in [0.15, 0.2) is 42.6 Å². The van der Waals surface area contributed by atoms with Crippen molar-refractivity contribution >= 4 is 29.1 Å². The van der Waals surface area contributed by atoms with Crippen LogP contribution in [-0.4, -0.2) is 33.6 Å². The number of hydrogen-bond acceptors (Lipinski definition) is 2. The monoisotopic (exact) mass is 457 g/mol. The van der Waals surface area contributed by atoms with E-state index in [2.05, 4.69) is 10.2 Å². The summed E-state index contributed by atoms with van der Waals surface area (Å²) < 4.78 is 13.2. The number of benzene rings is 2. The summed E-state index contributed by atoms with van der Waals surface area (Å²) in [5.41, 5.74) is 4.89. The molecular weight excluding hydrogens is 436 g/mol. The van der Waals surface area contributed by atoms with Crippen LogP contribution in [0.1, 0.15) is 29.7 Å². The third kappa shape index (κ3) is 3.97. The van der Waals surface area contributed by atoms with Gasteiger partial charge in [0, 0.05) is 34.2 Å². The van der Waals surface area contributed by atoms with Gasteiger partial charge in [0.25, 0.3) is 0 Å². The van der Waals surface area contributed by atoms with Crippen molar-refractivity contribution in [3.63, 3.8) is 0 Å². The number of aromatic nitrogens is 2. The smallest absolute Gasteiger partial charge is 0.226 e. The number of H-pyrrole nitrogens is 1. The molecule has 0 saturated carbocycles. The molecule has 1 N–H and O–H groups in total. The molecule has 0 spiro atoms. The Bertz CT molecular complexity index is 1110. The maximum absolute atomic E-state index is 13.2. The van der Waals surface area contributed by atoms with Gasteiger partial charge in [0.1, 0.15) is 5.82 Å². The molecule has 0 bridgehead atoms. The minimum Gasteiger partial charge on any atom is -0.339 e. The molecule has 4 nitrogen and oxygen atoms in total. The molecule has 1 fully saturated rings. The van der Waals surface area contributed by atoms with Gasteiger partial charge in [-0.15, -0.1) is 0 Å². The summed E-state index contributed by atoms with van der Waals surface area (Å²) in [4.78, 5) is 15.2. The zero-order valence-electron chi connectivity index (χ0n) is 16.9. The first-order valence-electron chi connectivity index (χ1n) is 10.5. The molecule has 1 aliphatic carbocycles. The highest BCUT2D eigenvalue weighted by atomic mass is 35.5. The normalized spacial score (nSPS) is 20.9. The van der Waals surface area contributed by atoms with Crippen LogP contribution in [0.5, 0.6) is 0 Å². The molecule has 1 aromatic heterocycles.